The minimum Gasteiger partial charge on any atom is -0.481 e. The van der Waals surface area contributed by atoms with Crippen molar-refractivity contribution in [2.45, 2.75) is 172 Å². The van der Waals surface area contributed by atoms with Gasteiger partial charge in [-0.2, -0.15) is 14.7 Å². The van der Waals surface area contributed by atoms with Crippen LogP contribution in [0.5, 0.6) is 5.75 Å². The van der Waals surface area contributed by atoms with Gasteiger partial charge in [-0.1, -0.05) is 39.8 Å². The molecule has 2 rings (SSSR count). The summed E-state index contributed by atoms with van der Waals surface area (Å²) in [6.45, 7) is 9.00. The molecule has 0 bridgehead atoms. The minimum atomic E-state index is -4.80. The van der Waals surface area contributed by atoms with E-state index < -0.39 is 184 Å². The molecule has 0 spiro atoms. The van der Waals surface area contributed by atoms with Crippen molar-refractivity contribution in [1.82, 2.24) is 42.1 Å². The van der Waals surface area contributed by atoms with Crippen molar-refractivity contribution < 1.29 is 107 Å². The smallest absolute Gasteiger partial charge is 0.481 e. The number of carbonyl (C=O) groups excluding carboxylic acids is 8. The van der Waals surface area contributed by atoms with Crippen LogP contribution in [0.4, 0.5) is 0 Å². The highest BCUT2D eigenvalue weighted by molar-refractivity contribution is 7.53. The van der Waals surface area contributed by atoms with Crippen molar-refractivity contribution in [3.05, 3.63) is 29.8 Å². The summed E-state index contributed by atoms with van der Waals surface area (Å²) in [4.78, 5) is 186. The molecule has 1 aromatic carbocycles. The summed E-state index contributed by atoms with van der Waals surface area (Å²) in [5.74, 6) is -15.7. The fourth-order valence-electron chi connectivity index (χ4n) is 8.10. The maximum Gasteiger partial charge on any atom is 0.613 e. The molecule has 1 aromatic rings. The van der Waals surface area contributed by atoms with E-state index in [-0.39, 0.29) is 55.4 Å². The predicted octanol–water partition coefficient (Wildman–Crippen LogP) is -3.88. The first-order chi connectivity index (χ1) is 37.1. The average molecular weight is 1160 g/mol. The standard InChI is InChI=1S/C48H74N9O22P/c1-22(2)18-30(41(67)53-31(19-23(3)4)44(70)56-39(25(6)59)46(72)51-29(48(74)75)14-16-36(62)63)52-40(66)28(13-15-35(60)61)50-42(68)32(20-26-9-11-27(12-10-26)79-80(76,77)78)54-43(69)33(21-37(64)65)55-45(71)34-8-7-17-57(34)47(73)38(49)24(5)58/h9-12,22-25,28-34,38-39,58-59,76-78H,7-8,13-21,49H2,1-6H3,(H10-,50,51,52,53,54,55,56,60,61,62,63,64,65,66,67,68,69,70,71,72,74,75)/p+1/t24-,25-,28+,29+,30+,31+,32+,33+,34+,38+,39+/m1/s1. The van der Waals surface area contributed by atoms with Gasteiger partial charge in [0.15, 0.2) is 5.75 Å². The third-order valence-electron chi connectivity index (χ3n) is 12.2. The van der Waals surface area contributed by atoms with Crippen LogP contribution in [0.1, 0.15) is 105 Å². The number of aliphatic hydroxyl groups is 2. The Labute approximate surface area is 459 Å². The quantitative estimate of drug-likeness (QED) is 0.0294. The summed E-state index contributed by atoms with van der Waals surface area (Å²) < 4.78 is 4.67. The number of aliphatic carboxylic acids is 4. The third kappa shape index (κ3) is 24.1. The van der Waals surface area contributed by atoms with Crippen molar-refractivity contribution in [3.8, 4) is 5.75 Å². The molecule has 80 heavy (non-hydrogen) atoms. The number of carboxylic acid groups (broad SMARTS) is 4. The molecule has 18 N–H and O–H groups in total. The molecule has 0 saturated carbocycles. The summed E-state index contributed by atoms with van der Waals surface area (Å²) in [5.41, 5.74) is 5.98. The Hall–Kier alpha value is -7.15. The highest BCUT2D eigenvalue weighted by Gasteiger charge is 2.41. The molecule has 0 aliphatic carbocycles. The van der Waals surface area contributed by atoms with Gasteiger partial charge in [0.1, 0.15) is 54.4 Å². The number of nitrogens with two attached hydrogens (primary N) is 1. The van der Waals surface area contributed by atoms with Crippen molar-refractivity contribution >= 4 is 79.3 Å². The van der Waals surface area contributed by atoms with E-state index in [2.05, 4.69) is 41.7 Å². The fraction of sp³-hybridized carbons (Fsp3) is 0.625. The minimum absolute atomic E-state index is 0.0265. The number of amides is 8. The second kappa shape index (κ2) is 32.2. The number of nitrogens with one attached hydrogen (secondary N) is 7. The van der Waals surface area contributed by atoms with Gasteiger partial charge in [-0.3, -0.25) is 57.3 Å². The Kier molecular flexibility index (Phi) is 27.7. The molecule has 1 aliphatic rings. The lowest BCUT2D eigenvalue weighted by molar-refractivity contribution is -0.144. The van der Waals surface area contributed by atoms with Crippen molar-refractivity contribution in [3.63, 3.8) is 0 Å². The van der Waals surface area contributed by atoms with Crippen LogP contribution in [0.3, 0.4) is 0 Å². The van der Waals surface area contributed by atoms with Crippen LogP contribution in [0, 0.1) is 11.8 Å². The Morgan fingerprint density at radius 3 is 1.50 bits per heavy atom. The molecule has 1 aliphatic heterocycles. The highest BCUT2D eigenvalue weighted by Crippen LogP contribution is 2.46. The largest absolute Gasteiger partial charge is 0.613 e. The van der Waals surface area contributed by atoms with Gasteiger partial charge in [-0.25, -0.2) is 4.79 Å². The van der Waals surface area contributed by atoms with Crippen LogP contribution >= 0.6 is 8.17 Å². The van der Waals surface area contributed by atoms with Gasteiger partial charge in [0, 0.05) is 25.8 Å². The number of nitrogens with zero attached hydrogens (tertiary/aromatic N) is 1. The van der Waals surface area contributed by atoms with Crippen LogP contribution in [0.25, 0.3) is 0 Å². The molecule has 1 saturated heterocycles. The van der Waals surface area contributed by atoms with Crippen LogP contribution < -0.4 is 47.5 Å². The van der Waals surface area contributed by atoms with E-state index in [9.17, 15) is 97.7 Å². The third-order valence-corrected chi connectivity index (χ3v) is 12.6. The van der Waals surface area contributed by atoms with Crippen LogP contribution in [0.2, 0.25) is 0 Å². The SMILES string of the molecule is CC(C)C[C@H](NC(=O)[C@H](CCC(=O)O)NC(=O)[C@H](Cc1ccc(O[P+](O)(O)O)cc1)NC(=O)[C@H](CC(=O)O)NC(=O)[C@@H]1CCCN1C(=O)[C@@H](N)[C@@H](C)O)C(=O)N[C@@H](CC(C)C)C(=O)N[C@H](C(=O)N[C@@H](CCC(=O)O)C(=O)O)[C@@H](C)O. The Morgan fingerprint density at radius 2 is 1.04 bits per heavy atom. The van der Waals surface area contributed by atoms with E-state index in [1.54, 1.807) is 27.7 Å². The number of hydrogen-bond donors (Lipinski definition) is 17. The number of carboxylic acids is 4. The lowest BCUT2D eigenvalue weighted by Gasteiger charge is -2.30. The topological polar surface area (TPSA) is 510 Å². The number of likely N-dealkylation sites (tertiary alicyclic amines) is 1. The molecule has 8 amide bonds. The first kappa shape index (κ1) is 69.0. The Balaban J connectivity index is 2.55. The lowest BCUT2D eigenvalue weighted by atomic mass is 9.99. The number of rotatable bonds is 34. The van der Waals surface area contributed by atoms with E-state index in [0.717, 1.165) is 24.0 Å². The summed E-state index contributed by atoms with van der Waals surface area (Å²) in [7, 11) is -4.80. The molecule has 0 radical (unpaired) electrons. The number of benzene rings is 1. The van der Waals surface area contributed by atoms with E-state index in [1.807, 2.05) is 0 Å². The van der Waals surface area contributed by atoms with E-state index in [0.29, 0.717) is 0 Å². The number of carbonyl (C=O) groups is 12. The van der Waals surface area contributed by atoms with E-state index >= 15 is 0 Å². The lowest BCUT2D eigenvalue weighted by Crippen LogP contribution is -2.61. The first-order valence-electron chi connectivity index (χ1n) is 25.4. The van der Waals surface area contributed by atoms with Crippen molar-refractivity contribution in [2.24, 2.45) is 17.6 Å². The monoisotopic (exact) mass is 1160 g/mol. The molecule has 0 aromatic heterocycles. The molecule has 0 unspecified atom stereocenters. The molecular formula is C48H75N9O22P+. The normalized spacial score (nSPS) is 17.1. The van der Waals surface area contributed by atoms with Gasteiger partial charge >= 0.3 is 32.0 Å². The van der Waals surface area contributed by atoms with Gasteiger partial charge in [-0.15, -0.1) is 0 Å². The summed E-state index contributed by atoms with van der Waals surface area (Å²) in [5, 5.41) is 74.7. The van der Waals surface area contributed by atoms with Crippen molar-refractivity contribution in [2.75, 3.05) is 6.54 Å². The fourth-order valence-corrected chi connectivity index (χ4v) is 8.51. The van der Waals surface area contributed by atoms with Gasteiger partial charge in [0.2, 0.25) is 47.3 Å². The summed E-state index contributed by atoms with van der Waals surface area (Å²) >= 11 is 0. The van der Waals surface area contributed by atoms with Gasteiger partial charge < -0.3 is 78.5 Å². The van der Waals surface area contributed by atoms with E-state index in [1.165, 1.54) is 19.1 Å². The summed E-state index contributed by atoms with van der Waals surface area (Å²) in [6.07, 6.45) is -7.15. The molecule has 31 nitrogen and oxygen atoms in total. The van der Waals surface area contributed by atoms with Crippen molar-refractivity contribution in [1.29, 1.82) is 0 Å². The Morgan fingerprint density at radius 1 is 0.588 bits per heavy atom. The molecule has 1 fully saturated rings. The Bertz CT molecular complexity index is 2370. The zero-order valence-corrected chi connectivity index (χ0v) is 45.8. The van der Waals surface area contributed by atoms with Crippen LogP contribution in [0.15, 0.2) is 24.3 Å². The summed E-state index contributed by atoms with van der Waals surface area (Å²) in [6, 6.07) is -10.1. The molecule has 448 valence electrons. The molecule has 11 atom stereocenters. The predicted molar refractivity (Wildman–Crippen MR) is 276 cm³/mol. The first-order valence-corrected chi connectivity index (χ1v) is 27.0. The maximum absolute atomic E-state index is 14.4. The second-order valence-electron chi connectivity index (χ2n) is 20.1. The zero-order chi connectivity index (χ0) is 60.9. The van der Waals surface area contributed by atoms with E-state index in [4.69, 9.17) is 10.8 Å². The van der Waals surface area contributed by atoms with Gasteiger partial charge in [0.05, 0.1) is 18.6 Å². The van der Waals surface area contributed by atoms with Crippen LogP contribution in [-0.4, -0.2) is 194 Å². The average Bonchev–Trinajstić information content (AvgIpc) is 3.84. The highest BCUT2D eigenvalue weighted by atomic mass is 31.2. The molecule has 32 heteroatoms. The zero-order valence-electron chi connectivity index (χ0n) is 44.9. The van der Waals surface area contributed by atoms with Gasteiger partial charge in [0.25, 0.3) is 0 Å². The maximum atomic E-state index is 14.4. The second-order valence-corrected chi connectivity index (χ2v) is 21.3. The molecule has 1 heterocycles. The van der Waals surface area contributed by atoms with Gasteiger partial charge in [-0.05, 0) is 81.9 Å². The number of hydrogen-bond acceptors (Lipinski definition) is 19. The number of aliphatic hydroxyl groups excluding tert-OH is 2. The molecular weight excluding hydrogens is 1090 g/mol. The van der Waals surface area contributed by atoms with Crippen LogP contribution in [-0.2, 0) is 64.0 Å².